The van der Waals surface area contributed by atoms with Crippen LogP contribution in [0.5, 0.6) is 0 Å². The maximum absolute atomic E-state index is 13.8. The molecule has 2 amide bonds. The number of hydrogen-bond donors (Lipinski definition) is 0. The van der Waals surface area contributed by atoms with Gasteiger partial charge in [-0.2, -0.15) is 0 Å². The van der Waals surface area contributed by atoms with E-state index in [0.717, 1.165) is 17.3 Å². The number of likely N-dealkylation sites (tertiary alicyclic amines) is 1. The average molecular weight is 418 g/mol. The molecule has 7 heteroatoms. The highest BCUT2D eigenvalue weighted by Crippen LogP contribution is 2.34. The molecule has 2 aliphatic heterocycles. The lowest BCUT2D eigenvalue weighted by Gasteiger charge is -2.46. The first kappa shape index (κ1) is 19.6. The minimum atomic E-state index is -0.368. The van der Waals surface area contributed by atoms with Crippen LogP contribution in [-0.2, 0) is 4.79 Å². The SMILES string of the molecule is CN1CC(=O)N(c2cccc(F)c2)C[C@@]12CCN(C(=O)c1ccc3ncccc3c1)C2. The molecule has 3 heterocycles. The third kappa shape index (κ3) is 3.45. The molecule has 2 aliphatic rings. The molecule has 1 aromatic heterocycles. The van der Waals surface area contributed by atoms with Gasteiger partial charge in [0.2, 0.25) is 5.91 Å². The lowest BCUT2D eigenvalue weighted by Crippen LogP contribution is -2.64. The Labute approximate surface area is 179 Å². The van der Waals surface area contributed by atoms with E-state index >= 15 is 0 Å². The number of halogens is 1. The number of rotatable bonds is 2. The van der Waals surface area contributed by atoms with Crippen molar-refractivity contribution >= 4 is 28.4 Å². The van der Waals surface area contributed by atoms with Crippen LogP contribution in [-0.4, -0.2) is 65.4 Å². The lowest BCUT2D eigenvalue weighted by molar-refractivity contribution is -0.123. The molecular formula is C24H23FN4O2. The van der Waals surface area contributed by atoms with Gasteiger partial charge in [-0.05, 0) is 55.9 Å². The Morgan fingerprint density at radius 1 is 1.10 bits per heavy atom. The zero-order valence-electron chi connectivity index (χ0n) is 17.3. The van der Waals surface area contributed by atoms with Gasteiger partial charge in [0.15, 0.2) is 0 Å². The van der Waals surface area contributed by atoms with Crippen molar-refractivity contribution in [2.75, 3.05) is 38.1 Å². The predicted octanol–water partition coefficient (Wildman–Crippen LogP) is 2.94. The molecule has 0 radical (unpaired) electrons. The fraction of sp³-hybridized carbons (Fsp3) is 0.292. The summed E-state index contributed by atoms with van der Waals surface area (Å²) < 4.78 is 13.8. The number of hydrogen-bond acceptors (Lipinski definition) is 4. The summed E-state index contributed by atoms with van der Waals surface area (Å²) in [4.78, 5) is 35.8. The molecule has 31 heavy (non-hydrogen) atoms. The van der Waals surface area contributed by atoms with Crippen molar-refractivity contribution in [2.45, 2.75) is 12.0 Å². The van der Waals surface area contributed by atoms with E-state index < -0.39 is 0 Å². The van der Waals surface area contributed by atoms with Crippen molar-refractivity contribution < 1.29 is 14.0 Å². The number of aromatic nitrogens is 1. The Bertz CT molecular complexity index is 1180. The topological polar surface area (TPSA) is 56.8 Å². The van der Waals surface area contributed by atoms with Crippen LogP contribution in [0.1, 0.15) is 16.8 Å². The predicted molar refractivity (Wildman–Crippen MR) is 116 cm³/mol. The lowest BCUT2D eigenvalue weighted by atomic mass is 9.92. The van der Waals surface area contributed by atoms with E-state index in [9.17, 15) is 14.0 Å². The first-order valence-corrected chi connectivity index (χ1v) is 10.4. The van der Waals surface area contributed by atoms with Gasteiger partial charge in [0.25, 0.3) is 5.91 Å². The molecular weight excluding hydrogens is 395 g/mol. The van der Waals surface area contributed by atoms with Crippen molar-refractivity contribution in [1.82, 2.24) is 14.8 Å². The number of nitrogens with zero attached hydrogens (tertiary/aromatic N) is 4. The van der Waals surface area contributed by atoms with Crippen LogP contribution in [0.2, 0.25) is 0 Å². The minimum Gasteiger partial charge on any atom is -0.337 e. The van der Waals surface area contributed by atoms with Crippen LogP contribution in [0.25, 0.3) is 10.9 Å². The third-order valence-electron chi connectivity index (χ3n) is 6.52. The number of pyridine rings is 1. The molecule has 0 unspecified atom stereocenters. The van der Waals surface area contributed by atoms with Crippen LogP contribution in [0.15, 0.2) is 60.8 Å². The average Bonchev–Trinajstić information content (AvgIpc) is 3.21. The van der Waals surface area contributed by atoms with Gasteiger partial charge in [-0.3, -0.25) is 19.5 Å². The van der Waals surface area contributed by atoms with Crippen LogP contribution >= 0.6 is 0 Å². The standard InChI is InChI=1S/C24H23FN4O2/c1-27-14-22(30)29(20-6-2-5-19(25)13-20)16-24(27)9-11-28(15-24)23(31)18-7-8-21-17(12-18)4-3-10-26-21/h2-8,10,12-13H,9,11,14-16H2,1H3/t24-/m0/s1. The summed E-state index contributed by atoms with van der Waals surface area (Å²) in [7, 11) is 1.93. The highest BCUT2D eigenvalue weighted by molar-refractivity contribution is 5.99. The Morgan fingerprint density at radius 3 is 2.81 bits per heavy atom. The zero-order chi connectivity index (χ0) is 21.6. The first-order chi connectivity index (χ1) is 14.9. The molecule has 0 bridgehead atoms. The van der Waals surface area contributed by atoms with E-state index in [-0.39, 0.29) is 29.7 Å². The van der Waals surface area contributed by atoms with Gasteiger partial charge in [-0.1, -0.05) is 12.1 Å². The van der Waals surface area contributed by atoms with Crippen LogP contribution < -0.4 is 4.90 Å². The highest BCUT2D eigenvalue weighted by atomic mass is 19.1. The van der Waals surface area contributed by atoms with Gasteiger partial charge in [0.1, 0.15) is 5.82 Å². The van der Waals surface area contributed by atoms with Gasteiger partial charge in [0, 0.05) is 42.5 Å². The fourth-order valence-electron chi connectivity index (χ4n) is 4.70. The molecule has 1 atom stereocenters. The quantitative estimate of drug-likeness (QED) is 0.642. The molecule has 5 rings (SSSR count). The normalized spacial score (nSPS) is 21.9. The van der Waals surface area contributed by atoms with Crippen LogP contribution in [0.3, 0.4) is 0 Å². The van der Waals surface area contributed by atoms with Gasteiger partial charge in [-0.15, -0.1) is 0 Å². The first-order valence-electron chi connectivity index (χ1n) is 10.4. The molecule has 158 valence electrons. The highest BCUT2D eigenvalue weighted by Gasteiger charge is 2.48. The number of benzene rings is 2. The number of piperazine rings is 1. The summed E-state index contributed by atoms with van der Waals surface area (Å²) in [5.74, 6) is -0.455. The van der Waals surface area contributed by atoms with E-state index in [1.807, 2.05) is 47.2 Å². The van der Waals surface area contributed by atoms with Crippen molar-refractivity contribution in [3.8, 4) is 0 Å². The summed E-state index contributed by atoms with van der Waals surface area (Å²) >= 11 is 0. The van der Waals surface area contributed by atoms with E-state index in [4.69, 9.17) is 0 Å². The monoisotopic (exact) mass is 418 g/mol. The maximum atomic E-state index is 13.8. The number of anilines is 1. The number of amides is 2. The summed E-state index contributed by atoms with van der Waals surface area (Å²) in [6.45, 7) is 1.79. The molecule has 3 aromatic rings. The summed E-state index contributed by atoms with van der Waals surface area (Å²) in [5, 5.41) is 0.930. The maximum Gasteiger partial charge on any atom is 0.253 e. The van der Waals surface area contributed by atoms with E-state index in [2.05, 4.69) is 4.98 Å². The second kappa shape index (κ2) is 7.42. The third-order valence-corrected chi connectivity index (χ3v) is 6.52. The molecule has 6 nitrogen and oxygen atoms in total. The molecule has 2 fully saturated rings. The Morgan fingerprint density at radius 2 is 1.97 bits per heavy atom. The second-order valence-corrected chi connectivity index (χ2v) is 8.43. The van der Waals surface area contributed by atoms with Gasteiger partial charge < -0.3 is 9.80 Å². The van der Waals surface area contributed by atoms with Crippen LogP contribution in [0.4, 0.5) is 10.1 Å². The van der Waals surface area contributed by atoms with Crippen molar-refractivity contribution in [3.05, 3.63) is 72.2 Å². The Balaban J connectivity index is 1.39. The van der Waals surface area contributed by atoms with Gasteiger partial charge in [0.05, 0.1) is 17.6 Å². The molecule has 0 N–H and O–H groups in total. The summed E-state index contributed by atoms with van der Waals surface area (Å²) in [5.41, 5.74) is 1.69. The zero-order valence-corrected chi connectivity index (χ0v) is 17.3. The number of fused-ring (bicyclic) bond motifs is 1. The fourth-order valence-corrected chi connectivity index (χ4v) is 4.70. The van der Waals surface area contributed by atoms with E-state index in [1.54, 1.807) is 23.2 Å². The van der Waals surface area contributed by atoms with Crippen molar-refractivity contribution in [1.29, 1.82) is 0 Å². The number of carbonyl (C=O) groups excluding carboxylic acids is 2. The molecule has 0 saturated carbocycles. The second-order valence-electron chi connectivity index (χ2n) is 8.43. The number of likely N-dealkylation sites (N-methyl/N-ethyl adjacent to an activating group) is 1. The molecule has 2 aromatic carbocycles. The summed E-state index contributed by atoms with van der Waals surface area (Å²) in [6.07, 6.45) is 2.49. The van der Waals surface area contributed by atoms with E-state index in [1.165, 1.54) is 12.1 Å². The van der Waals surface area contributed by atoms with Gasteiger partial charge in [-0.25, -0.2) is 4.39 Å². The largest absolute Gasteiger partial charge is 0.337 e. The minimum absolute atomic E-state index is 0.0229. The van der Waals surface area contributed by atoms with Gasteiger partial charge >= 0.3 is 0 Å². The molecule has 1 spiro atoms. The molecule has 0 aliphatic carbocycles. The summed E-state index contributed by atoms with van der Waals surface area (Å²) in [6, 6.07) is 15.5. The van der Waals surface area contributed by atoms with Crippen LogP contribution in [0, 0.1) is 5.82 Å². The van der Waals surface area contributed by atoms with E-state index in [0.29, 0.717) is 30.9 Å². The van der Waals surface area contributed by atoms with Crippen molar-refractivity contribution in [2.24, 2.45) is 0 Å². The Kier molecular flexibility index (Phi) is 4.70. The smallest absolute Gasteiger partial charge is 0.253 e. The Hall–Kier alpha value is -3.32. The van der Waals surface area contributed by atoms with Crippen molar-refractivity contribution in [3.63, 3.8) is 0 Å². The number of carbonyl (C=O) groups is 2. The molecule has 2 saturated heterocycles.